The van der Waals surface area contributed by atoms with Gasteiger partial charge < -0.3 is 0 Å². The van der Waals surface area contributed by atoms with Crippen molar-refractivity contribution in [1.82, 2.24) is 0 Å². The second-order valence-corrected chi connectivity index (χ2v) is 4.34. The first-order valence-corrected chi connectivity index (χ1v) is 5.80. The molecule has 0 aliphatic rings. The number of thiocarbonyl (C=S) groups is 1. The van der Waals surface area contributed by atoms with E-state index in [1.807, 2.05) is 0 Å². The van der Waals surface area contributed by atoms with Gasteiger partial charge in [0.05, 0.1) is 5.16 Å². The van der Waals surface area contributed by atoms with Crippen molar-refractivity contribution in [2.24, 2.45) is 4.99 Å². The number of nitrogens with zero attached hydrogens (tertiary/aromatic N) is 1. The van der Waals surface area contributed by atoms with Gasteiger partial charge in [0.15, 0.2) is 0 Å². The monoisotopic (exact) mass is 245 g/mol. The molecule has 0 heterocycles. The van der Waals surface area contributed by atoms with Gasteiger partial charge in [-0.05, 0) is 25.1 Å². The molecule has 0 rings (SSSR count). The minimum absolute atomic E-state index is 0.0620. The second kappa shape index (κ2) is 7.09. The lowest BCUT2D eigenvalue weighted by atomic mass is 10.3. The average Bonchev–Trinajstić information content (AvgIpc) is 2.00. The molecule has 0 saturated carbocycles. The van der Waals surface area contributed by atoms with Gasteiger partial charge in [-0.15, -0.1) is 0 Å². The summed E-state index contributed by atoms with van der Waals surface area (Å²) in [6, 6.07) is 0. The van der Waals surface area contributed by atoms with E-state index in [2.05, 4.69) is 22.4 Å². The number of aliphatic imine (C=N–C) groups is 1. The van der Waals surface area contributed by atoms with Crippen LogP contribution in [0, 0.1) is 0 Å². The molecule has 14 heavy (non-hydrogen) atoms. The molecule has 0 fully saturated rings. The highest BCUT2D eigenvalue weighted by molar-refractivity contribution is 7.85. The standard InChI is InChI=1S/C7H10F3NOS2/c8-7(9,10)5-14(12)4-2-1-3-11-6-13/h1-5H2/t14-/m1/s1. The number of hydrogen-bond donors (Lipinski definition) is 0. The van der Waals surface area contributed by atoms with E-state index in [9.17, 15) is 17.4 Å². The van der Waals surface area contributed by atoms with E-state index in [-0.39, 0.29) is 5.75 Å². The Labute approximate surface area is 88.1 Å². The molecule has 0 aromatic rings. The zero-order valence-electron chi connectivity index (χ0n) is 7.34. The molecule has 0 unspecified atom stereocenters. The fourth-order valence-electron chi connectivity index (χ4n) is 0.754. The maximum absolute atomic E-state index is 11.7. The number of hydrogen-bond acceptors (Lipinski definition) is 3. The van der Waals surface area contributed by atoms with Crippen LogP contribution in [0.5, 0.6) is 0 Å². The summed E-state index contributed by atoms with van der Waals surface area (Å²) >= 11 is 4.30. The van der Waals surface area contributed by atoms with Crippen LogP contribution in [-0.2, 0) is 10.8 Å². The number of isothiocyanates is 1. The number of alkyl halides is 3. The summed E-state index contributed by atoms with van der Waals surface area (Å²) in [5.41, 5.74) is 0. The fourth-order valence-corrected chi connectivity index (χ4v) is 1.88. The molecule has 1 atom stereocenters. The molecule has 7 heteroatoms. The van der Waals surface area contributed by atoms with Gasteiger partial charge in [-0.1, -0.05) is 0 Å². The van der Waals surface area contributed by atoms with Crippen molar-refractivity contribution < 1.29 is 17.4 Å². The Bertz CT molecular complexity index is 236. The molecule has 0 aliphatic heterocycles. The SMILES string of the molecule is O=[S@](CCCCN=C=S)CC(F)(F)F. The Morgan fingerprint density at radius 1 is 1.36 bits per heavy atom. The Hall–Kier alpha value is -0.260. The molecular formula is C7H10F3NOS2. The largest absolute Gasteiger partial charge is 0.400 e. The van der Waals surface area contributed by atoms with Crippen molar-refractivity contribution in [3.05, 3.63) is 0 Å². The van der Waals surface area contributed by atoms with E-state index in [0.29, 0.717) is 19.4 Å². The molecule has 82 valence electrons. The van der Waals surface area contributed by atoms with Crippen molar-refractivity contribution in [3.8, 4) is 0 Å². The summed E-state index contributed by atoms with van der Waals surface area (Å²) in [6.07, 6.45) is -3.28. The first kappa shape index (κ1) is 13.7. The van der Waals surface area contributed by atoms with Crippen LogP contribution in [-0.4, -0.2) is 33.6 Å². The molecule has 0 saturated heterocycles. The van der Waals surface area contributed by atoms with Crippen LogP contribution in [0.2, 0.25) is 0 Å². The van der Waals surface area contributed by atoms with E-state index in [4.69, 9.17) is 0 Å². The first-order chi connectivity index (χ1) is 6.45. The summed E-state index contributed by atoms with van der Waals surface area (Å²) in [5.74, 6) is -1.16. The summed E-state index contributed by atoms with van der Waals surface area (Å²) in [5, 5.41) is 2.15. The van der Waals surface area contributed by atoms with Crippen LogP contribution >= 0.6 is 12.2 Å². The van der Waals surface area contributed by atoms with Crippen LogP contribution in [0.4, 0.5) is 13.2 Å². The summed E-state index contributed by atoms with van der Waals surface area (Å²) < 4.78 is 45.9. The van der Waals surface area contributed by atoms with Crippen LogP contribution < -0.4 is 0 Å². The number of rotatable bonds is 6. The smallest absolute Gasteiger partial charge is 0.259 e. The molecule has 0 aliphatic carbocycles. The van der Waals surface area contributed by atoms with Gasteiger partial charge >= 0.3 is 6.18 Å². The molecule has 0 bridgehead atoms. The fraction of sp³-hybridized carbons (Fsp3) is 0.857. The average molecular weight is 245 g/mol. The van der Waals surface area contributed by atoms with Gasteiger partial charge in [-0.3, -0.25) is 4.21 Å². The van der Waals surface area contributed by atoms with E-state index >= 15 is 0 Å². The van der Waals surface area contributed by atoms with Crippen LogP contribution in [0.25, 0.3) is 0 Å². The molecule has 0 radical (unpaired) electrons. The maximum atomic E-state index is 11.7. The van der Waals surface area contributed by atoms with E-state index < -0.39 is 22.7 Å². The van der Waals surface area contributed by atoms with Crippen molar-refractivity contribution >= 4 is 28.2 Å². The van der Waals surface area contributed by atoms with Crippen molar-refractivity contribution in [2.75, 3.05) is 18.1 Å². The lowest BCUT2D eigenvalue weighted by Crippen LogP contribution is -2.20. The van der Waals surface area contributed by atoms with Crippen LogP contribution in [0.1, 0.15) is 12.8 Å². The third-order valence-corrected chi connectivity index (χ3v) is 2.80. The Balaban J connectivity index is 3.50. The topological polar surface area (TPSA) is 29.4 Å². The predicted octanol–water partition coefficient (Wildman–Crippen LogP) is 2.18. The highest BCUT2D eigenvalue weighted by Crippen LogP contribution is 2.16. The molecule has 2 nitrogen and oxygen atoms in total. The number of unbranched alkanes of at least 4 members (excludes halogenated alkanes) is 1. The minimum atomic E-state index is -4.34. The second-order valence-electron chi connectivity index (χ2n) is 2.58. The lowest BCUT2D eigenvalue weighted by molar-refractivity contribution is -0.105. The lowest BCUT2D eigenvalue weighted by Gasteiger charge is -2.05. The molecule has 0 aromatic carbocycles. The van der Waals surface area contributed by atoms with Gasteiger partial charge in [-0.25, -0.2) is 4.99 Å². The van der Waals surface area contributed by atoms with E-state index in [1.54, 1.807) is 0 Å². The molecule has 0 spiro atoms. The van der Waals surface area contributed by atoms with E-state index in [0.717, 1.165) is 0 Å². The predicted molar refractivity (Wildman–Crippen MR) is 53.1 cm³/mol. The third kappa shape index (κ3) is 9.83. The van der Waals surface area contributed by atoms with Gasteiger partial charge in [0.1, 0.15) is 5.75 Å². The maximum Gasteiger partial charge on any atom is 0.400 e. The zero-order valence-corrected chi connectivity index (χ0v) is 8.97. The highest BCUT2D eigenvalue weighted by Gasteiger charge is 2.29. The summed E-state index contributed by atoms with van der Waals surface area (Å²) in [7, 11) is -1.81. The highest BCUT2D eigenvalue weighted by atomic mass is 32.2. The molecule has 0 N–H and O–H groups in total. The Morgan fingerprint density at radius 2 is 2.00 bits per heavy atom. The quantitative estimate of drug-likeness (QED) is 0.408. The first-order valence-electron chi connectivity index (χ1n) is 3.91. The molecule has 0 amide bonds. The summed E-state index contributed by atoms with van der Waals surface area (Å²) in [4.78, 5) is 3.59. The minimum Gasteiger partial charge on any atom is -0.259 e. The van der Waals surface area contributed by atoms with Gasteiger partial charge in [0, 0.05) is 23.1 Å². The third-order valence-electron chi connectivity index (χ3n) is 1.28. The van der Waals surface area contributed by atoms with Gasteiger partial charge in [0.2, 0.25) is 0 Å². The van der Waals surface area contributed by atoms with Crippen molar-refractivity contribution in [3.63, 3.8) is 0 Å². The van der Waals surface area contributed by atoms with E-state index in [1.165, 1.54) is 0 Å². The van der Waals surface area contributed by atoms with Gasteiger partial charge in [-0.2, -0.15) is 13.2 Å². The van der Waals surface area contributed by atoms with Crippen LogP contribution in [0.15, 0.2) is 4.99 Å². The van der Waals surface area contributed by atoms with Crippen LogP contribution in [0.3, 0.4) is 0 Å². The zero-order chi connectivity index (χ0) is 11.0. The Morgan fingerprint density at radius 3 is 2.50 bits per heavy atom. The van der Waals surface area contributed by atoms with Gasteiger partial charge in [0.25, 0.3) is 0 Å². The van der Waals surface area contributed by atoms with Crippen molar-refractivity contribution in [1.29, 1.82) is 0 Å². The molecular weight excluding hydrogens is 235 g/mol. The Kier molecular flexibility index (Phi) is 6.96. The molecule has 0 aromatic heterocycles. The normalized spacial score (nSPS) is 13.4. The number of halogens is 3. The van der Waals surface area contributed by atoms with Crippen molar-refractivity contribution in [2.45, 2.75) is 19.0 Å². The summed E-state index contributed by atoms with van der Waals surface area (Å²) in [6.45, 7) is 0.437.